The Balaban J connectivity index is 1.47. The van der Waals surface area contributed by atoms with Crippen LogP contribution in [-0.4, -0.2) is 47.0 Å². The second-order valence-corrected chi connectivity index (χ2v) is 7.28. The molecule has 1 aromatic rings. The van der Waals surface area contributed by atoms with Crippen molar-refractivity contribution in [3.63, 3.8) is 0 Å². The monoisotopic (exact) mass is 387 g/mol. The molecule has 1 aliphatic carbocycles. The van der Waals surface area contributed by atoms with Crippen molar-refractivity contribution in [3.8, 4) is 5.75 Å². The molecule has 2 fully saturated rings. The zero-order valence-corrected chi connectivity index (χ0v) is 15.2. The number of nitrogens with two attached hydrogens (primary N) is 1. The summed E-state index contributed by atoms with van der Waals surface area (Å²) in [6, 6.07) is 4.51. The van der Waals surface area contributed by atoms with Gasteiger partial charge in [-0.2, -0.15) is 0 Å². The fraction of sp³-hybridized carbons (Fsp3) is 0.474. The van der Waals surface area contributed by atoms with Crippen molar-refractivity contribution in [2.24, 2.45) is 5.73 Å². The van der Waals surface area contributed by atoms with Crippen LogP contribution in [0.3, 0.4) is 0 Å². The van der Waals surface area contributed by atoms with Gasteiger partial charge in [-0.25, -0.2) is 4.79 Å². The first-order valence-corrected chi connectivity index (χ1v) is 9.32. The summed E-state index contributed by atoms with van der Waals surface area (Å²) in [4.78, 5) is 48.7. The summed E-state index contributed by atoms with van der Waals surface area (Å²) in [5.74, 6) is -0.412. The average Bonchev–Trinajstić information content (AvgIpc) is 3.19. The predicted molar refractivity (Wildman–Crippen MR) is 95.2 cm³/mol. The number of rotatable bonds is 4. The fourth-order valence-corrected chi connectivity index (χ4v) is 4.11. The van der Waals surface area contributed by atoms with Crippen molar-refractivity contribution in [1.82, 2.24) is 10.2 Å². The molecule has 28 heavy (non-hydrogen) atoms. The minimum Gasteiger partial charge on any atom is -0.487 e. The Morgan fingerprint density at radius 3 is 2.68 bits per heavy atom. The quantitative estimate of drug-likeness (QED) is 0.737. The topological polar surface area (TPSA) is 128 Å². The van der Waals surface area contributed by atoms with Crippen molar-refractivity contribution >= 4 is 23.8 Å². The minimum absolute atomic E-state index is 0.216. The molecule has 3 N–H and O–H groups in total. The van der Waals surface area contributed by atoms with Crippen molar-refractivity contribution in [2.75, 3.05) is 0 Å². The second-order valence-electron chi connectivity index (χ2n) is 7.28. The van der Waals surface area contributed by atoms with Gasteiger partial charge in [0.2, 0.25) is 11.8 Å². The van der Waals surface area contributed by atoms with Gasteiger partial charge in [-0.1, -0.05) is 0 Å². The highest BCUT2D eigenvalue weighted by atomic mass is 16.6. The molecule has 1 saturated heterocycles. The Hall–Kier alpha value is -3.10. The number of ether oxygens (including phenoxy) is 2. The van der Waals surface area contributed by atoms with Crippen LogP contribution in [0.15, 0.2) is 18.2 Å². The van der Waals surface area contributed by atoms with Crippen LogP contribution in [0, 0.1) is 0 Å². The van der Waals surface area contributed by atoms with Crippen LogP contribution in [-0.2, 0) is 20.9 Å². The van der Waals surface area contributed by atoms with Crippen LogP contribution < -0.4 is 15.8 Å². The van der Waals surface area contributed by atoms with E-state index in [0.717, 1.165) is 18.4 Å². The third-order valence-electron chi connectivity index (χ3n) is 5.44. The molecule has 0 spiro atoms. The maximum atomic E-state index is 12.7. The molecule has 4 rings (SSSR count). The SMILES string of the molecule is NC(=O)O[C@@H]1CCC[C@H]1Oc1ccc2c(c1)CN(C1CCC(=O)NC1=O)C2=O. The highest BCUT2D eigenvalue weighted by Crippen LogP contribution is 2.32. The van der Waals surface area contributed by atoms with E-state index in [0.29, 0.717) is 24.2 Å². The van der Waals surface area contributed by atoms with Crippen LogP contribution in [0.25, 0.3) is 0 Å². The number of benzene rings is 1. The number of hydrogen-bond acceptors (Lipinski definition) is 6. The van der Waals surface area contributed by atoms with E-state index in [4.69, 9.17) is 15.2 Å². The number of carbonyl (C=O) groups is 4. The van der Waals surface area contributed by atoms with Crippen molar-refractivity contribution < 1.29 is 28.7 Å². The van der Waals surface area contributed by atoms with E-state index in [2.05, 4.69) is 5.32 Å². The molecule has 1 unspecified atom stereocenters. The molecule has 0 bridgehead atoms. The number of nitrogens with zero attached hydrogens (tertiary/aromatic N) is 1. The van der Waals surface area contributed by atoms with E-state index >= 15 is 0 Å². The smallest absolute Gasteiger partial charge is 0.404 e. The third kappa shape index (κ3) is 3.39. The lowest BCUT2D eigenvalue weighted by Gasteiger charge is -2.29. The van der Waals surface area contributed by atoms with E-state index in [-0.39, 0.29) is 37.0 Å². The second kappa shape index (κ2) is 7.14. The Bertz CT molecular complexity index is 854. The molecule has 3 atom stereocenters. The van der Waals surface area contributed by atoms with Crippen LogP contribution in [0.2, 0.25) is 0 Å². The molecule has 9 heteroatoms. The number of piperidine rings is 1. The highest BCUT2D eigenvalue weighted by Gasteiger charge is 2.39. The largest absolute Gasteiger partial charge is 0.487 e. The minimum atomic E-state index is -0.820. The standard InChI is InChI=1S/C19H21N3O6/c20-19(26)28-15-3-1-2-14(15)27-11-4-5-12-10(8-11)9-22(18(12)25)13-6-7-16(23)21-17(13)24/h4-5,8,13-15H,1-3,6-7,9H2,(H2,20,26)(H,21,23,24)/t13?,14-,15-/m1/s1. The normalized spacial score (nSPS) is 26.8. The molecule has 0 radical (unpaired) electrons. The molecule has 148 valence electrons. The van der Waals surface area contributed by atoms with E-state index < -0.39 is 18.0 Å². The molecular weight excluding hydrogens is 366 g/mol. The van der Waals surface area contributed by atoms with Crippen molar-refractivity contribution in [1.29, 1.82) is 0 Å². The zero-order chi connectivity index (χ0) is 19.8. The van der Waals surface area contributed by atoms with Gasteiger partial charge >= 0.3 is 6.09 Å². The number of fused-ring (bicyclic) bond motifs is 1. The molecule has 0 aromatic heterocycles. The molecule has 3 aliphatic rings. The average molecular weight is 387 g/mol. The zero-order valence-electron chi connectivity index (χ0n) is 15.2. The van der Waals surface area contributed by atoms with Crippen molar-refractivity contribution in [2.45, 2.75) is 56.9 Å². The molecule has 9 nitrogen and oxygen atoms in total. The summed E-state index contributed by atoms with van der Waals surface area (Å²) in [5.41, 5.74) is 6.39. The first-order chi connectivity index (χ1) is 13.4. The van der Waals surface area contributed by atoms with E-state index in [1.165, 1.54) is 4.90 Å². The van der Waals surface area contributed by atoms with E-state index in [1.807, 2.05) is 0 Å². The van der Waals surface area contributed by atoms with Crippen LogP contribution in [0.4, 0.5) is 4.79 Å². The molecular formula is C19H21N3O6. The van der Waals surface area contributed by atoms with Gasteiger partial charge < -0.3 is 20.1 Å². The number of imide groups is 1. The molecule has 2 aliphatic heterocycles. The fourth-order valence-electron chi connectivity index (χ4n) is 4.11. The maximum Gasteiger partial charge on any atom is 0.404 e. The lowest BCUT2D eigenvalue weighted by Crippen LogP contribution is -2.52. The van der Waals surface area contributed by atoms with Gasteiger partial charge in [0.25, 0.3) is 5.91 Å². The van der Waals surface area contributed by atoms with Gasteiger partial charge in [-0.05, 0) is 49.4 Å². The van der Waals surface area contributed by atoms with Crippen LogP contribution in [0.5, 0.6) is 5.75 Å². The van der Waals surface area contributed by atoms with Gasteiger partial charge in [0, 0.05) is 18.5 Å². The lowest BCUT2D eigenvalue weighted by atomic mass is 10.0. The van der Waals surface area contributed by atoms with Gasteiger partial charge in [0.1, 0.15) is 24.0 Å². The van der Waals surface area contributed by atoms with E-state index in [1.54, 1.807) is 18.2 Å². The van der Waals surface area contributed by atoms with Gasteiger partial charge in [0.05, 0.1) is 0 Å². The Labute approximate surface area is 161 Å². The Morgan fingerprint density at radius 1 is 1.14 bits per heavy atom. The number of primary amides is 1. The molecule has 1 saturated carbocycles. The summed E-state index contributed by atoms with van der Waals surface area (Å²) in [7, 11) is 0. The first kappa shape index (κ1) is 18.3. The Kier molecular flexibility index (Phi) is 4.66. The summed E-state index contributed by atoms with van der Waals surface area (Å²) in [5, 5.41) is 2.29. The molecule has 4 amide bonds. The lowest BCUT2D eigenvalue weighted by molar-refractivity contribution is -0.136. The number of hydrogen-bond donors (Lipinski definition) is 2. The van der Waals surface area contributed by atoms with E-state index in [9.17, 15) is 19.2 Å². The summed E-state index contributed by atoms with van der Waals surface area (Å²) < 4.78 is 11.1. The van der Waals surface area contributed by atoms with Gasteiger partial charge in [0.15, 0.2) is 0 Å². The summed E-state index contributed by atoms with van der Waals surface area (Å²) >= 11 is 0. The number of nitrogens with one attached hydrogen (secondary N) is 1. The van der Waals surface area contributed by atoms with Crippen LogP contribution >= 0.6 is 0 Å². The Morgan fingerprint density at radius 2 is 1.93 bits per heavy atom. The molecule has 1 aromatic carbocycles. The first-order valence-electron chi connectivity index (χ1n) is 9.32. The third-order valence-corrected chi connectivity index (χ3v) is 5.44. The predicted octanol–water partition coefficient (Wildman–Crippen LogP) is 0.843. The van der Waals surface area contributed by atoms with Crippen LogP contribution in [0.1, 0.15) is 48.0 Å². The van der Waals surface area contributed by atoms with Crippen molar-refractivity contribution in [3.05, 3.63) is 29.3 Å². The highest BCUT2D eigenvalue weighted by molar-refractivity contribution is 6.05. The number of amides is 4. The van der Waals surface area contributed by atoms with Gasteiger partial charge in [-0.15, -0.1) is 0 Å². The summed E-state index contributed by atoms with van der Waals surface area (Å²) in [6.07, 6.45) is 1.36. The van der Waals surface area contributed by atoms with Gasteiger partial charge in [-0.3, -0.25) is 19.7 Å². The molecule has 2 heterocycles. The maximum absolute atomic E-state index is 12.7. The summed E-state index contributed by atoms with van der Waals surface area (Å²) in [6.45, 7) is 0.281. The number of carbonyl (C=O) groups excluding carboxylic acids is 4.